The fourth-order valence-electron chi connectivity index (χ4n) is 2.24. The number of carbonyl (C=O) groups is 1. The molecule has 1 heterocycles. The molecular formula is C17H16ClN3O2. The van der Waals surface area contributed by atoms with E-state index in [0.717, 1.165) is 24.5 Å². The fraction of sp³-hybridized carbons (Fsp3) is 0.176. The topological polar surface area (TPSA) is 62.7 Å². The zero-order valence-electron chi connectivity index (χ0n) is 12.4. The molecule has 0 radical (unpaired) electrons. The van der Waals surface area contributed by atoms with Crippen molar-refractivity contribution < 1.29 is 9.53 Å². The smallest absolute Gasteiger partial charge is 0.262 e. The number of aliphatic imine (C=N–C) groups is 1. The number of halogens is 1. The predicted octanol–water partition coefficient (Wildman–Crippen LogP) is 2.71. The lowest BCUT2D eigenvalue weighted by molar-refractivity contribution is -0.118. The van der Waals surface area contributed by atoms with Crippen molar-refractivity contribution in [3.05, 3.63) is 59.1 Å². The molecule has 0 atom stereocenters. The van der Waals surface area contributed by atoms with Crippen LogP contribution >= 0.6 is 11.6 Å². The Labute approximate surface area is 139 Å². The van der Waals surface area contributed by atoms with Crippen LogP contribution in [0.1, 0.15) is 5.56 Å². The van der Waals surface area contributed by atoms with E-state index in [1.807, 2.05) is 24.3 Å². The summed E-state index contributed by atoms with van der Waals surface area (Å²) in [6, 6.07) is 14.4. The summed E-state index contributed by atoms with van der Waals surface area (Å²) < 4.78 is 5.44. The summed E-state index contributed by atoms with van der Waals surface area (Å²) in [6.45, 7) is 1.49. The first-order valence-corrected chi connectivity index (χ1v) is 7.66. The molecule has 1 amide bonds. The van der Waals surface area contributed by atoms with Crippen LogP contribution in [0, 0.1) is 0 Å². The van der Waals surface area contributed by atoms with Gasteiger partial charge in [-0.2, -0.15) is 0 Å². The lowest BCUT2D eigenvalue weighted by atomic mass is 10.1. The lowest BCUT2D eigenvalue weighted by Crippen LogP contribution is -2.24. The van der Waals surface area contributed by atoms with Gasteiger partial charge in [-0.1, -0.05) is 23.7 Å². The number of rotatable bonds is 5. The second-order valence-corrected chi connectivity index (χ2v) is 5.43. The summed E-state index contributed by atoms with van der Waals surface area (Å²) in [5, 5.41) is 6.69. The first kappa shape index (κ1) is 15.4. The highest BCUT2D eigenvalue weighted by Gasteiger charge is 2.14. The van der Waals surface area contributed by atoms with Crippen molar-refractivity contribution in [1.29, 1.82) is 0 Å². The summed E-state index contributed by atoms with van der Waals surface area (Å²) in [6.07, 6.45) is 0. The quantitative estimate of drug-likeness (QED) is 0.886. The summed E-state index contributed by atoms with van der Waals surface area (Å²) in [7, 11) is 0. The highest BCUT2D eigenvalue weighted by molar-refractivity contribution is 6.30. The minimum atomic E-state index is -0.231. The number of amidine groups is 1. The molecule has 1 aliphatic rings. The SMILES string of the molecule is O=C(COc1ccc(Cl)cc1)Nc1ccccc1C1=NCCN1. The van der Waals surface area contributed by atoms with Crippen LogP contribution in [-0.4, -0.2) is 31.4 Å². The van der Waals surface area contributed by atoms with Crippen LogP contribution in [0.4, 0.5) is 5.69 Å². The molecule has 1 aliphatic heterocycles. The number of hydrogen-bond acceptors (Lipinski definition) is 4. The third kappa shape index (κ3) is 4.02. The zero-order valence-corrected chi connectivity index (χ0v) is 13.1. The fourth-order valence-corrected chi connectivity index (χ4v) is 2.37. The van der Waals surface area contributed by atoms with Crippen molar-refractivity contribution >= 4 is 29.0 Å². The van der Waals surface area contributed by atoms with Crippen LogP contribution in [0.2, 0.25) is 5.02 Å². The number of benzene rings is 2. The third-order valence-electron chi connectivity index (χ3n) is 3.31. The van der Waals surface area contributed by atoms with Gasteiger partial charge in [0.2, 0.25) is 0 Å². The van der Waals surface area contributed by atoms with Gasteiger partial charge < -0.3 is 15.4 Å². The van der Waals surface area contributed by atoms with Gasteiger partial charge in [0.25, 0.3) is 5.91 Å². The average Bonchev–Trinajstić information content (AvgIpc) is 3.09. The van der Waals surface area contributed by atoms with E-state index in [1.54, 1.807) is 24.3 Å². The second kappa shape index (κ2) is 7.15. The largest absolute Gasteiger partial charge is 0.484 e. The van der Waals surface area contributed by atoms with Crippen LogP contribution in [-0.2, 0) is 4.79 Å². The Morgan fingerprint density at radius 3 is 2.74 bits per heavy atom. The molecule has 2 aromatic rings. The molecular weight excluding hydrogens is 314 g/mol. The first-order chi connectivity index (χ1) is 11.2. The third-order valence-corrected chi connectivity index (χ3v) is 3.57. The Balaban J connectivity index is 1.63. The van der Waals surface area contributed by atoms with E-state index in [9.17, 15) is 4.79 Å². The van der Waals surface area contributed by atoms with Gasteiger partial charge in [-0.05, 0) is 36.4 Å². The van der Waals surface area contributed by atoms with Gasteiger partial charge in [-0.3, -0.25) is 9.79 Å². The van der Waals surface area contributed by atoms with Crippen LogP contribution in [0.15, 0.2) is 53.5 Å². The Morgan fingerprint density at radius 1 is 1.22 bits per heavy atom. The number of nitrogens with zero attached hydrogens (tertiary/aromatic N) is 1. The van der Waals surface area contributed by atoms with E-state index >= 15 is 0 Å². The minimum Gasteiger partial charge on any atom is -0.484 e. The molecule has 2 N–H and O–H groups in total. The van der Waals surface area contributed by atoms with Gasteiger partial charge in [0, 0.05) is 17.1 Å². The molecule has 2 aromatic carbocycles. The molecule has 0 aliphatic carbocycles. The Kier molecular flexibility index (Phi) is 4.78. The number of carbonyl (C=O) groups excluding carboxylic acids is 1. The maximum Gasteiger partial charge on any atom is 0.262 e. The highest BCUT2D eigenvalue weighted by atomic mass is 35.5. The van der Waals surface area contributed by atoms with Gasteiger partial charge in [0.15, 0.2) is 6.61 Å². The zero-order chi connectivity index (χ0) is 16.1. The maximum absolute atomic E-state index is 12.1. The average molecular weight is 330 g/mol. The number of nitrogens with one attached hydrogen (secondary N) is 2. The van der Waals surface area contributed by atoms with Gasteiger partial charge in [-0.15, -0.1) is 0 Å². The molecule has 0 aromatic heterocycles. The summed E-state index contributed by atoms with van der Waals surface area (Å²) in [5.41, 5.74) is 1.59. The molecule has 118 valence electrons. The van der Waals surface area contributed by atoms with E-state index < -0.39 is 0 Å². The molecule has 3 rings (SSSR count). The van der Waals surface area contributed by atoms with Crippen LogP contribution in [0.25, 0.3) is 0 Å². The van der Waals surface area contributed by atoms with Gasteiger partial charge in [0.05, 0.1) is 12.2 Å². The molecule has 0 saturated heterocycles. The van der Waals surface area contributed by atoms with Gasteiger partial charge in [-0.25, -0.2) is 0 Å². The Morgan fingerprint density at radius 2 is 2.00 bits per heavy atom. The monoisotopic (exact) mass is 329 g/mol. The maximum atomic E-state index is 12.1. The normalized spacial score (nSPS) is 13.2. The van der Waals surface area contributed by atoms with Crippen LogP contribution < -0.4 is 15.4 Å². The van der Waals surface area contributed by atoms with Crippen LogP contribution in [0.3, 0.4) is 0 Å². The van der Waals surface area contributed by atoms with Gasteiger partial charge >= 0.3 is 0 Å². The Hall–Kier alpha value is -2.53. The molecule has 23 heavy (non-hydrogen) atoms. The van der Waals surface area contributed by atoms with E-state index in [2.05, 4.69) is 15.6 Å². The van der Waals surface area contributed by atoms with Crippen molar-refractivity contribution in [2.45, 2.75) is 0 Å². The molecule has 0 bridgehead atoms. The Bertz CT molecular complexity index is 729. The summed E-state index contributed by atoms with van der Waals surface area (Å²) >= 11 is 5.81. The second-order valence-electron chi connectivity index (χ2n) is 4.99. The van der Waals surface area contributed by atoms with Crippen molar-refractivity contribution in [3.8, 4) is 5.75 Å². The number of anilines is 1. The van der Waals surface area contributed by atoms with Crippen molar-refractivity contribution in [1.82, 2.24) is 5.32 Å². The lowest BCUT2D eigenvalue weighted by Gasteiger charge is -2.12. The molecule has 6 heteroatoms. The van der Waals surface area contributed by atoms with E-state index in [-0.39, 0.29) is 12.5 Å². The predicted molar refractivity (Wildman–Crippen MR) is 91.4 cm³/mol. The van der Waals surface area contributed by atoms with E-state index in [0.29, 0.717) is 16.5 Å². The minimum absolute atomic E-state index is 0.0735. The van der Waals surface area contributed by atoms with Crippen molar-refractivity contribution in [3.63, 3.8) is 0 Å². The number of amides is 1. The molecule has 5 nitrogen and oxygen atoms in total. The van der Waals surface area contributed by atoms with Gasteiger partial charge in [0.1, 0.15) is 11.6 Å². The van der Waals surface area contributed by atoms with Crippen molar-refractivity contribution in [2.75, 3.05) is 25.0 Å². The summed E-state index contributed by atoms with van der Waals surface area (Å²) in [5.74, 6) is 1.17. The van der Waals surface area contributed by atoms with E-state index in [4.69, 9.17) is 16.3 Å². The van der Waals surface area contributed by atoms with Crippen LogP contribution in [0.5, 0.6) is 5.75 Å². The number of hydrogen-bond donors (Lipinski definition) is 2. The van der Waals surface area contributed by atoms with E-state index in [1.165, 1.54) is 0 Å². The molecule has 0 unspecified atom stereocenters. The standard InChI is InChI=1S/C17H16ClN3O2/c18-12-5-7-13(8-6-12)23-11-16(22)21-15-4-2-1-3-14(15)17-19-9-10-20-17/h1-8H,9-11H2,(H,19,20)(H,21,22). The molecule has 0 spiro atoms. The van der Waals surface area contributed by atoms with Crippen molar-refractivity contribution in [2.24, 2.45) is 4.99 Å². The molecule has 0 saturated carbocycles. The number of para-hydroxylation sites is 1. The summed E-state index contributed by atoms with van der Waals surface area (Å²) in [4.78, 5) is 16.5. The number of ether oxygens (including phenoxy) is 1. The molecule has 0 fully saturated rings. The first-order valence-electron chi connectivity index (χ1n) is 7.28. The highest BCUT2D eigenvalue weighted by Crippen LogP contribution is 2.18.